The minimum atomic E-state index is 0.703. The number of nitrogens with one attached hydrogen (secondary N) is 1. The van der Waals surface area contributed by atoms with Gasteiger partial charge in [-0.2, -0.15) is 5.10 Å². The summed E-state index contributed by atoms with van der Waals surface area (Å²) in [6, 6.07) is 0. The van der Waals surface area contributed by atoms with E-state index < -0.39 is 0 Å². The van der Waals surface area contributed by atoms with Gasteiger partial charge in [-0.25, -0.2) is 0 Å². The molecule has 3 heteroatoms. The highest BCUT2D eigenvalue weighted by molar-refractivity contribution is 5.24. The lowest BCUT2D eigenvalue weighted by molar-refractivity contribution is 0.431. The summed E-state index contributed by atoms with van der Waals surface area (Å²) in [7, 11) is 0. The van der Waals surface area contributed by atoms with Crippen LogP contribution >= 0.6 is 0 Å². The lowest BCUT2D eigenvalue weighted by Crippen LogP contribution is -2.16. The highest BCUT2D eigenvalue weighted by atomic mass is 15.3. The summed E-state index contributed by atoms with van der Waals surface area (Å²) in [5, 5.41) is 8.04. The first-order valence-electron chi connectivity index (χ1n) is 6.83. The maximum Gasteiger partial charge on any atom is 0.0628 e. The lowest BCUT2D eigenvalue weighted by atomic mass is 10.1. The van der Waals surface area contributed by atoms with Crippen LogP contribution in [0.4, 0.5) is 0 Å². The molecule has 1 rings (SSSR count). The molecule has 1 unspecified atom stereocenters. The van der Waals surface area contributed by atoms with Gasteiger partial charge in [0.05, 0.1) is 5.69 Å². The monoisotopic (exact) mass is 237 g/mol. The summed E-state index contributed by atoms with van der Waals surface area (Å²) in [6.07, 6.45) is 2.30. The van der Waals surface area contributed by atoms with Crippen molar-refractivity contribution in [3.63, 3.8) is 0 Å². The number of aromatic nitrogens is 2. The average Bonchev–Trinajstić information content (AvgIpc) is 2.56. The lowest BCUT2D eigenvalue weighted by Gasteiger charge is -2.10. The molecule has 1 atom stereocenters. The van der Waals surface area contributed by atoms with Crippen LogP contribution in [0.2, 0.25) is 0 Å². The average molecular weight is 237 g/mol. The SMILES string of the molecule is CCNCCc1c(C)nn(CC(C)CC)c1C. The van der Waals surface area contributed by atoms with Crippen LogP contribution in [0.1, 0.15) is 44.1 Å². The van der Waals surface area contributed by atoms with Crippen molar-refractivity contribution in [1.29, 1.82) is 0 Å². The van der Waals surface area contributed by atoms with Crippen LogP contribution in [0, 0.1) is 19.8 Å². The smallest absolute Gasteiger partial charge is 0.0628 e. The van der Waals surface area contributed by atoms with Gasteiger partial charge in [0.25, 0.3) is 0 Å². The summed E-state index contributed by atoms with van der Waals surface area (Å²) in [5.41, 5.74) is 3.97. The van der Waals surface area contributed by atoms with E-state index in [4.69, 9.17) is 0 Å². The zero-order valence-corrected chi connectivity index (χ0v) is 12.0. The van der Waals surface area contributed by atoms with Gasteiger partial charge in [0.15, 0.2) is 0 Å². The molecule has 0 saturated carbocycles. The van der Waals surface area contributed by atoms with Crippen LogP contribution in [0.3, 0.4) is 0 Å². The van der Waals surface area contributed by atoms with Crippen molar-refractivity contribution < 1.29 is 0 Å². The zero-order chi connectivity index (χ0) is 12.8. The molecule has 0 aliphatic carbocycles. The van der Waals surface area contributed by atoms with Gasteiger partial charge in [0.1, 0.15) is 0 Å². The predicted molar refractivity (Wildman–Crippen MR) is 73.4 cm³/mol. The molecule has 0 amide bonds. The maximum absolute atomic E-state index is 4.67. The van der Waals surface area contributed by atoms with Gasteiger partial charge < -0.3 is 5.32 Å². The Morgan fingerprint density at radius 2 is 2.00 bits per heavy atom. The molecule has 0 aliphatic heterocycles. The highest BCUT2D eigenvalue weighted by Gasteiger charge is 2.12. The molecule has 0 saturated heterocycles. The number of likely N-dealkylation sites (N-methyl/N-ethyl adjacent to an activating group) is 1. The van der Waals surface area contributed by atoms with Crippen LogP contribution in [-0.2, 0) is 13.0 Å². The van der Waals surface area contributed by atoms with E-state index in [9.17, 15) is 0 Å². The fourth-order valence-electron chi connectivity index (χ4n) is 2.09. The summed E-state index contributed by atoms with van der Waals surface area (Å²) in [5.74, 6) is 0.703. The van der Waals surface area contributed by atoms with E-state index in [1.54, 1.807) is 0 Å². The molecular weight excluding hydrogens is 210 g/mol. The quantitative estimate of drug-likeness (QED) is 0.739. The third kappa shape index (κ3) is 3.84. The predicted octanol–water partition coefficient (Wildman–Crippen LogP) is 2.70. The molecule has 0 fully saturated rings. The molecule has 0 bridgehead atoms. The number of aryl methyl sites for hydroxylation is 1. The minimum absolute atomic E-state index is 0.703. The molecule has 1 aromatic heterocycles. The van der Waals surface area contributed by atoms with Gasteiger partial charge >= 0.3 is 0 Å². The van der Waals surface area contributed by atoms with Crippen molar-refractivity contribution in [2.45, 2.75) is 54.0 Å². The summed E-state index contributed by atoms with van der Waals surface area (Å²) >= 11 is 0. The standard InChI is InChI=1S/C14H27N3/c1-6-11(3)10-17-13(5)14(12(4)16-17)8-9-15-7-2/h11,15H,6-10H2,1-5H3. The van der Waals surface area contributed by atoms with Gasteiger partial charge in [-0.3, -0.25) is 4.68 Å². The van der Waals surface area contributed by atoms with Crippen LogP contribution in [0.15, 0.2) is 0 Å². The third-order valence-corrected chi connectivity index (χ3v) is 3.51. The third-order valence-electron chi connectivity index (χ3n) is 3.51. The van der Waals surface area contributed by atoms with E-state index in [0.29, 0.717) is 5.92 Å². The van der Waals surface area contributed by atoms with Gasteiger partial charge in [-0.05, 0) is 44.8 Å². The Morgan fingerprint density at radius 3 is 2.59 bits per heavy atom. The Balaban J connectivity index is 2.71. The second-order valence-electron chi connectivity index (χ2n) is 4.95. The molecular formula is C14H27N3. The van der Waals surface area contributed by atoms with Crippen molar-refractivity contribution >= 4 is 0 Å². The van der Waals surface area contributed by atoms with Gasteiger partial charge in [0, 0.05) is 12.2 Å². The topological polar surface area (TPSA) is 29.9 Å². The molecule has 0 aromatic carbocycles. The summed E-state index contributed by atoms with van der Waals surface area (Å²) < 4.78 is 2.19. The van der Waals surface area contributed by atoms with E-state index in [1.807, 2.05) is 0 Å². The summed E-state index contributed by atoms with van der Waals surface area (Å²) in [4.78, 5) is 0. The minimum Gasteiger partial charge on any atom is -0.317 e. The van der Waals surface area contributed by atoms with Crippen molar-refractivity contribution in [3.8, 4) is 0 Å². The fraction of sp³-hybridized carbons (Fsp3) is 0.786. The fourth-order valence-corrected chi connectivity index (χ4v) is 2.09. The summed E-state index contributed by atoms with van der Waals surface area (Å²) in [6.45, 7) is 14.1. The van der Waals surface area contributed by atoms with Crippen molar-refractivity contribution in [2.24, 2.45) is 5.92 Å². The number of rotatable bonds is 7. The van der Waals surface area contributed by atoms with Gasteiger partial charge in [-0.15, -0.1) is 0 Å². The Hall–Kier alpha value is -0.830. The maximum atomic E-state index is 4.67. The van der Waals surface area contributed by atoms with Crippen LogP contribution in [0.25, 0.3) is 0 Å². The van der Waals surface area contributed by atoms with Crippen LogP contribution in [0.5, 0.6) is 0 Å². The number of hydrogen-bond donors (Lipinski definition) is 1. The Bertz CT molecular complexity index is 341. The molecule has 1 aromatic rings. The molecule has 0 spiro atoms. The van der Waals surface area contributed by atoms with Crippen molar-refractivity contribution in [2.75, 3.05) is 13.1 Å². The van der Waals surface area contributed by atoms with E-state index in [1.165, 1.54) is 23.4 Å². The zero-order valence-electron chi connectivity index (χ0n) is 12.0. The number of nitrogens with zero attached hydrogens (tertiary/aromatic N) is 2. The molecule has 98 valence electrons. The Morgan fingerprint density at radius 1 is 1.29 bits per heavy atom. The van der Waals surface area contributed by atoms with E-state index in [2.05, 4.69) is 49.7 Å². The second kappa shape index (κ2) is 6.80. The first kappa shape index (κ1) is 14.2. The second-order valence-corrected chi connectivity index (χ2v) is 4.95. The molecule has 3 nitrogen and oxygen atoms in total. The normalized spacial score (nSPS) is 13.0. The van der Waals surface area contributed by atoms with E-state index in [0.717, 1.165) is 26.1 Å². The Labute approximate surface area is 106 Å². The molecule has 17 heavy (non-hydrogen) atoms. The largest absolute Gasteiger partial charge is 0.317 e. The molecule has 0 aliphatic rings. The number of hydrogen-bond acceptors (Lipinski definition) is 2. The molecule has 0 radical (unpaired) electrons. The highest BCUT2D eigenvalue weighted by Crippen LogP contribution is 2.15. The van der Waals surface area contributed by atoms with Crippen molar-refractivity contribution in [1.82, 2.24) is 15.1 Å². The Kier molecular flexibility index (Phi) is 5.69. The molecule has 1 heterocycles. The molecule has 1 N–H and O–H groups in total. The first-order valence-corrected chi connectivity index (χ1v) is 6.83. The van der Waals surface area contributed by atoms with Gasteiger partial charge in [-0.1, -0.05) is 27.2 Å². The van der Waals surface area contributed by atoms with E-state index >= 15 is 0 Å². The van der Waals surface area contributed by atoms with Crippen LogP contribution < -0.4 is 5.32 Å². The first-order chi connectivity index (χ1) is 8.10. The van der Waals surface area contributed by atoms with Crippen molar-refractivity contribution in [3.05, 3.63) is 17.0 Å². The van der Waals surface area contributed by atoms with Gasteiger partial charge in [0.2, 0.25) is 0 Å². The van der Waals surface area contributed by atoms with Crippen LogP contribution in [-0.4, -0.2) is 22.9 Å². The van der Waals surface area contributed by atoms with E-state index in [-0.39, 0.29) is 0 Å².